The van der Waals surface area contributed by atoms with Crippen LogP contribution in [0.5, 0.6) is 5.75 Å². The number of carbonyl (C=O) groups is 1. The molecule has 1 amide bonds. The number of sulfonamides is 1. The summed E-state index contributed by atoms with van der Waals surface area (Å²) in [5.41, 5.74) is 2.06. The lowest BCUT2D eigenvalue weighted by molar-refractivity contribution is 0.0964. The number of rotatable bonds is 4. The van der Waals surface area contributed by atoms with Crippen LogP contribution < -0.4 is 9.64 Å². The maximum Gasteiger partial charge on any atom is 0.294 e. The first-order valence-electron chi connectivity index (χ1n) is 8.77. The van der Waals surface area contributed by atoms with Gasteiger partial charge in [-0.15, -0.1) is 0 Å². The smallest absolute Gasteiger partial charge is 0.294 e. The summed E-state index contributed by atoms with van der Waals surface area (Å²) in [5.74, 6) is 0.523. The Kier molecular flexibility index (Phi) is 4.40. The number of nitrogens with zero attached hydrogens (tertiary/aromatic N) is 2. The number of hydrogen-bond acceptors (Lipinski definition) is 5. The molecular formula is C20H20N2O5S. The third kappa shape index (κ3) is 2.85. The minimum Gasteiger partial charge on any atom is -0.493 e. The second-order valence-corrected chi connectivity index (χ2v) is 8.93. The van der Waals surface area contributed by atoms with Crippen LogP contribution in [-0.4, -0.2) is 46.4 Å². The molecule has 2 aromatic carbocycles. The molecule has 3 aromatic rings. The summed E-state index contributed by atoms with van der Waals surface area (Å²) < 4.78 is 36.9. The van der Waals surface area contributed by atoms with E-state index in [0.29, 0.717) is 30.0 Å². The Morgan fingerprint density at radius 1 is 1.18 bits per heavy atom. The van der Waals surface area contributed by atoms with Crippen molar-refractivity contribution in [2.24, 2.45) is 0 Å². The Bertz CT molecular complexity index is 1180. The molecule has 8 heteroatoms. The van der Waals surface area contributed by atoms with E-state index in [2.05, 4.69) is 0 Å². The van der Waals surface area contributed by atoms with Crippen molar-refractivity contribution in [2.45, 2.75) is 11.3 Å². The Balaban J connectivity index is 1.69. The highest BCUT2D eigenvalue weighted by atomic mass is 32.2. The molecule has 0 unspecified atom stereocenters. The van der Waals surface area contributed by atoms with Gasteiger partial charge in [-0.25, -0.2) is 12.7 Å². The van der Waals surface area contributed by atoms with Gasteiger partial charge in [0.25, 0.3) is 5.91 Å². The quantitative estimate of drug-likeness (QED) is 0.673. The largest absolute Gasteiger partial charge is 0.493 e. The highest BCUT2D eigenvalue weighted by molar-refractivity contribution is 7.89. The Hall–Kier alpha value is -2.84. The summed E-state index contributed by atoms with van der Waals surface area (Å²) in [7, 11) is 1.02. The summed E-state index contributed by atoms with van der Waals surface area (Å²) in [6.07, 6.45) is 0.585. The fourth-order valence-electron chi connectivity index (χ4n) is 3.40. The molecule has 0 spiro atoms. The zero-order valence-electron chi connectivity index (χ0n) is 15.8. The topological polar surface area (TPSA) is 80.1 Å². The van der Waals surface area contributed by atoms with Gasteiger partial charge in [0, 0.05) is 31.7 Å². The molecule has 1 aromatic heterocycles. The summed E-state index contributed by atoms with van der Waals surface area (Å²) in [5, 5.41) is 0.787. The van der Waals surface area contributed by atoms with Crippen LogP contribution >= 0.6 is 0 Å². The lowest BCUT2D eigenvalue weighted by atomic mass is 10.2. The van der Waals surface area contributed by atoms with E-state index in [1.165, 1.54) is 24.5 Å². The maximum atomic E-state index is 13.0. The molecule has 0 saturated carbocycles. The Morgan fingerprint density at radius 2 is 1.96 bits per heavy atom. The van der Waals surface area contributed by atoms with Crippen molar-refractivity contribution < 1.29 is 22.4 Å². The van der Waals surface area contributed by atoms with Crippen molar-refractivity contribution in [3.63, 3.8) is 0 Å². The van der Waals surface area contributed by atoms with Gasteiger partial charge in [0.2, 0.25) is 10.0 Å². The predicted octanol–water partition coefficient (Wildman–Crippen LogP) is 2.89. The van der Waals surface area contributed by atoms with Crippen molar-refractivity contribution in [1.82, 2.24) is 4.31 Å². The van der Waals surface area contributed by atoms with Gasteiger partial charge < -0.3 is 14.1 Å². The van der Waals surface area contributed by atoms with E-state index in [9.17, 15) is 13.2 Å². The molecular weight excluding hydrogens is 380 g/mol. The van der Waals surface area contributed by atoms with Crippen molar-refractivity contribution in [3.8, 4) is 5.75 Å². The SMILES string of the molecule is COc1cccc2cc(C(=O)N3CCc4cc(S(=O)(=O)N(C)C)ccc43)oc12. The Morgan fingerprint density at radius 3 is 2.68 bits per heavy atom. The molecule has 0 atom stereocenters. The second-order valence-electron chi connectivity index (χ2n) is 6.77. The fourth-order valence-corrected chi connectivity index (χ4v) is 4.35. The summed E-state index contributed by atoms with van der Waals surface area (Å²) in [4.78, 5) is 14.9. The van der Waals surface area contributed by atoms with Crippen LogP contribution in [0.2, 0.25) is 0 Å². The van der Waals surface area contributed by atoms with Crippen molar-refractivity contribution in [3.05, 3.63) is 53.8 Å². The highest BCUT2D eigenvalue weighted by Crippen LogP contribution is 2.34. The first-order chi connectivity index (χ1) is 13.3. The van der Waals surface area contributed by atoms with Gasteiger partial charge in [0.05, 0.1) is 12.0 Å². The molecule has 0 radical (unpaired) electrons. The molecule has 2 heterocycles. The molecule has 1 aliphatic heterocycles. The number of amides is 1. The van der Waals surface area contributed by atoms with Crippen molar-refractivity contribution in [1.29, 1.82) is 0 Å². The molecule has 28 heavy (non-hydrogen) atoms. The molecule has 0 N–H and O–H groups in total. The van der Waals surface area contributed by atoms with E-state index in [4.69, 9.17) is 9.15 Å². The minimum absolute atomic E-state index is 0.220. The summed E-state index contributed by atoms with van der Waals surface area (Å²) in [6, 6.07) is 12.0. The standard InChI is InChI=1S/C20H20N2O5S/c1-21(2)28(24,25)15-7-8-16-13(11-15)9-10-22(16)20(23)18-12-14-5-4-6-17(26-3)19(14)27-18/h4-8,11-12H,9-10H2,1-3H3. The first kappa shape index (κ1) is 18.5. The molecule has 0 fully saturated rings. The maximum absolute atomic E-state index is 13.0. The van der Waals surface area contributed by atoms with Crippen LogP contribution in [0, 0.1) is 0 Å². The lowest BCUT2D eigenvalue weighted by Gasteiger charge is -2.17. The summed E-state index contributed by atoms with van der Waals surface area (Å²) >= 11 is 0. The van der Waals surface area contributed by atoms with E-state index < -0.39 is 10.0 Å². The molecule has 0 aliphatic carbocycles. The van der Waals surface area contributed by atoms with Crippen LogP contribution in [-0.2, 0) is 16.4 Å². The van der Waals surface area contributed by atoms with Gasteiger partial charge in [-0.05, 0) is 42.3 Å². The van der Waals surface area contributed by atoms with Gasteiger partial charge >= 0.3 is 0 Å². The van der Waals surface area contributed by atoms with E-state index >= 15 is 0 Å². The number of anilines is 1. The predicted molar refractivity (Wildman–Crippen MR) is 105 cm³/mol. The van der Waals surface area contributed by atoms with Crippen molar-refractivity contribution in [2.75, 3.05) is 32.6 Å². The lowest BCUT2D eigenvalue weighted by Crippen LogP contribution is -2.28. The molecule has 0 bridgehead atoms. The molecule has 7 nitrogen and oxygen atoms in total. The van der Waals surface area contributed by atoms with Gasteiger partial charge in [0.15, 0.2) is 17.1 Å². The molecule has 0 saturated heterocycles. The fraction of sp³-hybridized carbons (Fsp3) is 0.250. The average Bonchev–Trinajstić information content (AvgIpc) is 3.30. The van der Waals surface area contributed by atoms with Crippen molar-refractivity contribution >= 4 is 32.6 Å². The van der Waals surface area contributed by atoms with Gasteiger partial charge in [-0.3, -0.25) is 4.79 Å². The van der Waals surface area contributed by atoms with Crippen LogP contribution in [0.15, 0.2) is 51.8 Å². The number of ether oxygens (including phenoxy) is 1. The summed E-state index contributed by atoms with van der Waals surface area (Å²) in [6.45, 7) is 0.466. The first-order valence-corrected chi connectivity index (χ1v) is 10.2. The van der Waals surface area contributed by atoms with E-state index in [1.54, 1.807) is 36.3 Å². The van der Waals surface area contributed by atoms with Gasteiger partial charge in [-0.2, -0.15) is 0 Å². The normalized spacial score (nSPS) is 13.9. The van der Waals surface area contributed by atoms with Crippen LogP contribution in [0.4, 0.5) is 5.69 Å². The number of fused-ring (bicyclic) bond motifs is 2. The molecule has 4 rings (SSSR count). The number of hydrogen-bond donors (Lipinski definition) is 0. The van der Waals surface area contributed by atoms with E-state index in [0.717, 1.165) is 10.9 Å². The van der Waals surface area contributed by atoms with Crippen LogP contribution in [0.25, 0.3) is 11.0 Å². The average molecular weight is 400 g/mol. The number of furan rings is 1. The van der Waals surface area contributed by atoms with Gasteiger partial charge in [0.1, 0.15) is 0 Å². The Labute approximate surface area is 163 Å². The number of methoxy groups -OCH3 is 1. The zero-order valence-corrected chi connectivity index (χ0v) is 16.6. The monoisotopic (exact) mass is 400 g/mol. The molecule has 146 valence electrons. The zero-order chi connectivity index (χ0) is 20.1. The number of benzene rings is 2. The van der Waals surface area contributed by atoms with Crippen LogP contribution in [0.3, 0.4) is 0 Å². The third-order valence-corrected chi connectivity index (χ3v) is 6.72. The third-order valence-electron chi connectivity index (χ3n) is 4.91. The van der Waals surface area contributed by atoms with Crippen LogP contribution in [0.1, 0.15) is 16.1 Å². The van der Waals surface area contributed by atoms with Gasteiger partial charge in [-0.1, -0.05) is 12.1 Å². The van der Waals surface area contributed by atoms with E-state index in [-0.39, 0.29) is 16.6 Å². The van der Waals surface area contributed by atoms with E-state index in [1.807, 2.05) is 12.1 Å². The number of carbonyl (C=O) groups excluding carboxylic acids is 1. The second kappa shape index (κ2) is 6.65. The number of para-hydroxylation sites is 1. The minimum atomic E-state index is -3.52. The molecule has 1 aliphatic rings. The highest BCUT2D eigenvalue weighted by Gasteiger charge is 2.30.